The Morgan fingerprint density at radius 1 is 1.21 bits per heavy atom. The number of carboxylic acids is 1. The standard InChI is InChI=1S/C16H13BrF2N2O3/c17-7-10-5-12(18)13(19)6-11(10)9-1-2-14(21-8-9)16(24)20-4-3-15(22)23/h1-2,5-6,8H,3-4,7H2,(H,20,24)(H,22,23). The van der Waals surface area contributed by atoms with Crippen LogP contribution in [0.1, 0.15) is 22.5 Å². The lowest BCUT2D eigenvalue weighted by atomic mass is 10.0. The maximum atomic E-state index is 13.5. The van der Waals surface area contributed by atoms with Crippen molar-refractivity contribution < 1.29 is 23.5 Å². The molecule has 2 N–H and O–H groups in total. The van der Waals surface area contributed by atoms with Gasteiger partial charge in [0.2, 0.25) is 0 Å². The summed E-state index contributed by atoms with van der Waals surface area (Å²) >= 11 is 3.22. The molecule has 0 atom stereocenters. The number of pyridine rings is 1. The van der Waals surface area contributed by atoms with E-state index in [1.54, 1.807) is 6.07 Å². The number of benzene rings is 1. The van der Waals surface area contributed by atoms with Gasteiger partial charge in [0.05, 0.1) is 6.42 Å². The summed E-state index contributed by atoms with van der Waals surface area (Å²) in [6, 6.07) is 5.18. The van der Waals surface area contributed by atoms with Crippen LogP contribution in [0.25, 0.3) is 11.1 Å². The second-order valence-electron chi connectivity index (χ2n) is 4.89. The number of halogens is 3. The normalized spacial score (nSPS) is 10.5. The predicted molar refractivity (Wildman–Crippen MR) is 86.8 cm³/mol. The zero-order valence-corrected chi connectivity index (χ0v) is 13.9. The summed E-state index contributed by atoms with van der Waals surface area (Å²) in [7, 11) is 0. The molecule has 0 saturated carbocycles. The van der Waals surface area contributed by atoms with Crippen molar-refractivity contribution in [3.8, 4) is 11.1 Å². The topological polar surface area (TPSA) is 79.3 Å². The molecule has 0 aliphatic rings. The number of amides is 1. The number of hydrogen-bond donors (Lipinski definition) is 2. The number of carbonyl (C=O) groups is 2. The molecule has 0 aliphatic heterocycles. The molecule has 0 radical (unpaired) electrons. The SMILES string of the molecule is O=C(O)CCNC(=O)c1ccc(-c2cc(F)c(F)cc2CBr)cn1. The van der Waals surface area contributed by atoms with Gasteiger partial charge in [0.25, 0.3) is 5.91 Å². The molecule has 0 fully saturated rings. The van der Waals surface area contributed by atoms with E-state index in [9.17, 15) is 18.4 Å². The highest BCUT2D eigenvalue weighted by Crippen LogP contribution is 2.27. The lowest BCUT2D eigenvalue weighted by molar-refractivity contribution is -0.136. The molecule has 8 heteroatoms. The Hall–Kier alpha value is -2.35. The van der Waals surface area contributed by atoms with Crippen LogP contribution in [0.15, 0.2) is 30.5 Å². The zero-order chi connectivity index (χ0) is 17.7. The second kappa shape index (κ2) is 7.96. The fourth-order valence-corrected chi connectivity index (χ4v) is 2.49. The molecule has 0 aliphatic carbocycles. The van der Waals surface area contributed by atoms with E-state index in [-0.39, 0.29) is 18.7 Å². The molecular formula is C16H13BrF2N2O3. The molecular weight excluding hydrogens is 386 g/mol. The van der Waals surface area contributed by atoms with Gasteiger partial charge in [-0.3, -0.25) is 14.6 Å². The van der Waals surface area contributed by atoms with Crippen molar-refractivity contribution in [3.63, 3.8) is 0 Å². The highest BCUT2D eigenvalue weighted by Gasteiger charge is 2.13. The lowest BCUT2D eigenvalue weighted by Gasteiger charge is -2.09. The Morgan fingerprint density at radius 3 is 2.50 bits per heavy atom. The minimum atomic E-state index is -1.01. The number of rotatable bonds is 6. The average molecular weight is 399 g/mol. The third kappa shape index (κ3) is 4.35. The van der Waals surface area contributed by atoms with Crippen molar-refractivity contribution in [1.29, 1.82) is 0 Å². The van der Waals surface area contributed by atoms with Gasteiger partial charge in [-0.05, 0) is 29.3 Å². The highest BCUT2D eigenvalue weighted by molar-refractivity contribution is 9.08. The number of aliphatic carboxylic acids is 1. The number of aromatic nitrogens is 1. The quantitative estimate of drug-likeness (QED) is 0.732. The monoisotopic (exact) mass is 398 g/mol. The van der Waals surface area contributed by atoms with E-state index in [2.05, 4.69) is 26.2 Å². The molecule has 1 heterocycles. The lowest BCUT2D eigenvalue weighted by Crippen LogP contribution is -2.26. The molecule has 1 aromatic carbocycles. The maximum Gasteiger partial charge on any atom is 0.305 e. The van der Waals surface area contributed by atoms with Crippen LogP contribution in [-0.4, -0.2) is 28.5 Å². The van der Waals surface area contributed by atoms with Crippen LogP contribution in [0.2, 0.25) is 0 Å². The van der Waals surface area contributed by atoms with Gasteiger partial charge in [-0.15, -0.1) is 0 Å². The Balaban J connectivity index is 2.19. The summed E-state index contributed by atoms with van der Waals surface area (Å²) in [5.74, 6) is -3.42. The van der Waals surface area contributed by atoms with E-state index >= 15 is 0 Å². The van der Waals surface area contributed by atoms with Crippen LogP contribution in [0, 0.1) is 11.6 Å². The molecule has 0 spiro atoms. The van der Waals surface area contributed by atoms with E-state index in [1.165, 1.54) is 12.3 Å². The van der Waals surface area contributed by atoms with Crippen molar-refractivity contribution in [1.82, 2.24) is 10.3 Å². The highest BCUT2D eigenvalue weighted by atomic mass is 79.9. The first-order chi connectivity index (χ1) is 11.4. The van der Waals surface area contributed by atoms with E-state index in [1.807, 2.05) is 0 Å². The van der Waals surface area contributed by atoms with E-state index in [4.69, 9.17) is 5.11 Å². The van der Waals surface area contributed by atoms with Crippen molar-refractivity contribution in [2.75, 3.05) is 6.54 Å². The first-order valence-electron chi connectivity index (χ1n) is 6.92. The van der Waals surface area contributed by atoms with Crippen LogP contribution in [-0.2, 0) is 10.1 Å². The van der Waals surface area contributed by atoms with Gasteiger partial charge in [-0.25, -0.2) is 8.78 Å². The van der Waals surface area contributed by atoms with Gasteiger partial charge in [0.1, 0.15) is 5.69 Å². The molecule has 1 amide bonds. The van der Waals surface area contributed by atoms with Gasteiger partial charge in [0, 0.05) is 23.6 Å². The van der Waals surface area contributed by atoms with E-state index in [0.29, 0.717) is 22.0 Å². The Kier molecular flexibility index (Phi) is 5.97. The minimum absolute atomic E-state index is 0.00545. The molecule has 24 heavy (non-hydrogen) atoms. The first kappa shape index (κ1) is 18.0. The zero-order valence-electron chi connectivity index (χ0n) is 12.4. The Bertz CT molecular complexity index is 767. The largest absolute Gasteiger partial charge is 0.481 e. The number of carboxylic acid groups (broad SMARTS) is 1. The number of alkyl halides is 1. The second-order valence-corrected chi connectivity index (χ2v) is 5.45. The van der Waals surface area contributed by atoms with Crippen LogP contribution >= 0.6 is 15.9 Å². The third-order valence-corrected chi connectivity index (χ3v) is 3.83. The summed E-state index contributed by atoms with van der Waals surface area (Å²) in [6.07, 6.45) is 1.19. The molecule has 5 nitrogen and oxygen atoms in total. The Morgan fingerprint density at radius 2 is 1.92 bits per heavy atom. The van der Waals surface area contributed by atoms with Crippen molar-refractivity contribution in [3.05, 3.63) is 53.4 Å². The molecule has 2 rings (SSSR count). The molecule has 0 bridgehead atoms. The minimum Gasteiger partial charge on any atom is -0.481 e. The summed E-state index contributed by atoms with van der Waals surface area (Å²) in [5, 5.41) is 11.3. The summed E-state index contributed by atoms with van der Waals surface area (Å²) in [6.45, 7) is -0.00545. The van der Waals surface area contributed by atoms with Crippen molar-refractivity contribution in [2.45, 2.75) is 11.8 Å². The van der Waals surface area contributed by atoms with Gasteiger partial charge < -0.3 is 10.4 Å². The number of hydrogen-bond acceptors (Lipinski definition) is 3. The van der Waals surface area contributed by atoms with Gasteiger partial charge in [-0.2, -0.15) is 0 Å². The van der Waals surface area contributed by atoms with E-state index < -0.39 is 23.5 Å². The molecule has 1 aromatic heterocycles. The van der Waals surface area contributed by atoms with Crippen LogP contribution in [0.5, 0.6) is 0 Å². The summed E-state index contributed by atoms with van der Waals surface area (Å²) in [4.78, 5) is 26.2. The first-order valence-corrected chi connectivity index (χ1v) is 8.05. The number of carbonyl (C=O) groups excluding carboxylic acids is 1. The van der Waals surface area contributed by atoms with E-state index in [0.717, 1.165) is 12.1 Å². The number of nitrogens with one attached hydrogen (secondary N) is 1. The maximum absolute atomic E-state index is 13.5. The average Bonchev–Trinajstić information content (AvgIpc) is 2.56. The van der Waals surface area contributed by atoms with Crippen molar-refractivity contribution >= 4 is 27.8 Å². The van der Waals surface area contributed by atoms with Gasteiger partial charge in [-0.1, -0.05) is 22.0 Å². The van der Waals surface area contributed by atoms with Crippen molar-refractivity contribution in [2.24, 2.45) is 0 Å². The summed E-state index contributed by atoms with van der Waals surface area (Å²) in [5.41, 5.74) is 1.66. The molecule has 0 unspecified atom stereocenters. The van der Waals surface area contributed by atoms with Gasteiger partial charge in [0.15, 0.2) is 11.6 Å². The van der Waals surface area contributed by atoms with Crippen LogP contribution in [0.3, 0.4) is 0 Å². The molecule has 2 aromatic rings. The fraction of sp³-hybridized carbons (Fsp3) is 0.188. The Labute approximate surface area is 144 Å². The fourth-order valence-electron chi connectivity index (χ4n) is 2.03. The number of nitrogens with zero attached hydrogens (tertiary/aromatic N) is 1. The summed E-state index contributed by atoms with van der Waals surface area (Å²) < 4.78 is 26.8. The molecule has 126 valence electrons. The third-order valence-electron chi connectivity index (χ3n) is 3.22. The van der Waals surface area contributed by atoms with Gasteiger partial charge >= 0.3 is 5.97 Å². The van der Waals surface area contributed by atoms with Crippen LogP contribution < -0.4 is 5.32 Å². The van der Waals surface area contributed by atoms with Crippen LogP contribution in [0.4, 0.5) is 8.78 Å². The smallest absolute Gasteiger partial charge is 0.305 e. The predicted octanol–water partition coefficient (Wildman–Crippen LogP) is 3.13. The molecule has 0 saturated heterocycles.